The second-order valence-corrected chi connectivity index (χ2v) is 4.43. The summed E-state index contributed by atoms with van der Waals surface area (Å²) in [6.45, 7) is 0. The van der Waals surface area contributed by atoms with Crippen molar-refractivity contribution in [3.63, 3.8) is 0 Å². The van der Waals surface area contributed by atoms with Gasteiger partial charge in [-0.05, 0) is 22.4 Å². The van der Waals surface area contributed by atoms with Crippen molar-refractivity contribution in [3.05, 3.63) is 47.0 Å². The zero-order valence-corrected chi connectivity index (χ0v) is 10.2. The van der Waals surface area contributed by atoms with Gasteiger partial charge in [0.1, 0.15) is 6.29 Å². The summed E-state index contributed by atoms with van der Waals surface area (Å²) >= 11 is 6.11. The highest BCUT2D eigenvalue weighted by Crippen LogP contribution is 2.33. The lowest BCUT2D eigenvalue weighted by Crippen LogP contribution is -2.08. The molecule has 4 heteroatoms. The van der Waals surface area contributed by atoms with Crippen molar-refractivity contribution in [1.82, 2.24) is 0 Å². The van der Waals surface area contributed by atoms with E-state index < -0.39 is 11.9 Å². The average molecular weight is 263 g/mol. The Morgan fingerprint density at radius 3 is 2.67 bits per heavy atom. The molecule has 0 aliphatic heterocycles. The van der Waals surface area contributed by atoms with Gasteiger partial charge in [-0.25, -0.2) is 0 Å². The first kappa shape index (κ1) is 12.6. The van der Waals surface area contributed by atoms with Crippen LogP contribution in [0.1, 0.15) is 17.9 Å². The van der Waals surface area contributed by atoms with E-state index in [-0.39, 0.29) is 6.42 Å². The first-order valence-corrected chi connectivity index (χ1v) is 5.85. The standard InChI is InChI=1S/C14H11ClO3/c15-12-6-5-9-3-1-2-4-11(9)14(12)10(8-16)7-13(17)18/h1-6,8,10H,7H2,(H,17,18). The zero-order chi connectivity index (χ0) is 13.1. The van der Waals surface area contributed by atoms with Gasteiger partial charge in [0, 0.05) is 5.02 Å². The van der Waals surface area contributed by atoms with E-state index in [0.717, 1.165) is 10.8 Å². The Kier molecular flexibility index (Phi) is 3.63. The van der Waals surface area contributed by atoms with Crippen LogP contribution in [0.2, 0.25) is 5.02 Å². The van der Waals surface area contributed by atoms with Crippen LogP contribution < -0.4 is 0 Å². The molecule has 0 aliphatic rings. The van der Waals surface area contributed by atoms with E-state index >= 15 is 0 Å². The highest BCUT2D eigenvalue weighted by Gasteiger charge is 2.20. The van der Waals surface area contributed by atoms with Gasteiger partial charge in [-0.3, -0.25) is 4.79 Å². The number of carboxylic acid groups (broad SMARTS) is 1. The monoisotopic (exact) mass is 262 g/mol. The Labute approximate surface area is 109 Å². The molecule has 0 amide bonds. The Morgan fingerprint density at radius 1 is 1.28 bits per heavy atom. The quantitative estimate of drug-likeness (QED) is 0.861. The molecular weight excluding hydrogens is 252 g/mol. The van der Waals surface area contributed by atoms with Gasteiger partial charge in [-0.2, -0.15) is 0 Å². The number of rotatable bonds is 4. The van der Waals surface area contributed by atoms with Crippen molar-refractivity contribution in [3.8, 4) is 0 Å². The van der Waals surface area contributed by atoms with E-state index in [1.165, 1.54) is 0 Å². The number of carbonyl (C=O) groups excluding carboxylic acids is 1. The molecule has 0 saturated carbocycles. The summed E-state index contributed by atoms with van der Waals surface area (Å²) in [5.41, 5.74) is 0.590. The van der Waals surface area contributed by atoms with Crippen molar-refractivity contribution in [2.45, 2.75) is 12.3 Å². The third-order valence-corrected chi connectivity index (χ3v) is 3.18. The third-order valence-electron chi connectivity index (χ3n) is 2.85. The molecule has 0 aliphatic carbocycles. The molecule has 2 rings (SSSR count). The molecule has 92 valence electrons. The van der Waals surface area contributed by atoms with Crippen molar-refractivity contribution >= 4 is 34.6 Å². The number of carbonyl (C=O) groups is 2. The van der Waals surface area contributed by atoms with Crippen molar-refractivity contribution in [2.24, 2.45) is 0 Å². The average Bonchev–Trinajstić information content (AvgIpc) is 2.36. The SMILES string of the molecule is O=CC(CC(=O)O)c1c(Cl)ccc2ccccc12. The minimum absolute atomic E-state index is 0.253. The van der Waals surface area contributed by atoms with E-state index in [0.29, 0.717) is 16.9 Å². The number of aliphatic carboxylic acids is 1. The first-order chi connectivity index (χ1) is 8.63. The molecule has 0 aromatic heterocycles. The van der Waals surface area contributed by atoms with E-state index in [1.54, 1.807) is 6.07 Å². The van der Waals surface area contributed by atoms with Crippen molar-refractivity contribution in [2.75, 3.05) is 0 Å². The van der Waals surface area contributed by atoms with Crippen LogP contribution in [0.25, 0.3) is 10.8 Å². The lowest BCUT2D eigenvalue weighted by Gasteiger charge is -2.13. The molecule has 0 bridgehead atoms. The Balaban J connectivity index is 2.63. The molecule has 2 aromatic carbocycles. The van der Waals surface area contributed by atoms with E-state index in [1.807, 2.05) is 30.3 Å². The number of aldehydes is 1. The Hall–Kier alpha value is -1.87. The number of halogens is 1. The van der Waals surface area contributed by atoms with Crippen LogP contribution in [-0.4, -0.2) is 17.4 Å². The summed E-state index contributed by atoms with van der Waals surface area (Å²) in [6, 6.07) is 11.0. The number of carboxylic acids is 1. The highest BCUT2D eigenvalue weighted by atomic mass is 35.5. The maximum Gasteiger partial charge on any atom is 0.304 e. The Bertz CT molecular complexity index is 607. The number of fused-ring (bicyclic) bond motifs is 1. The van der Waals surface area contributed by atoms with Gasteiger partial charge in [0.2, 0.25) is 0 Å². The summed E-state index contributed by atoms with van der Waals surface area (Å²) in [6.07, 6.45) is 0.388. The second-order valence-electron chi connectivity index (χ2n) is 4.02. The molecule has 0 radical (unpaired) electrons. The van der Waals surface area contributed by atoms with E-state index in [9.17, 15) is 9.59 Å². The van der Waals surface area contributed by atoms with Gasteiger partial charge in [0.25, 0.3) is 0 Å². The molecule has 0 spiro atoms. The molecule has 1 atom stereocenters. The van der Waals surface area contributed by atoms with Crippen LogP contribution in [0, 0.1) is 0 Å². The molecule has 0 heterocycles. The lowest BCUT2D eigenvalue weighted by atomic mass is 9.92. The van der Waals surface area contributed by atoms with Gasteiger partial charge in [-0.1, -0.05) is 41.9 Å². The summed E-state index contributed by atoms with van der Waals surface area (Å²) in [5.74, 6) is -1.74. The van der Waals surface area contributed by atoms with Crippen LogP contribution in [-0.2, 0) is 9.59 Å². The molecule has 1 N–H and O–H groups in total. The largest absolute Gasteiger partial charge is 0.481 e. The van der Waals surface area contributed by atoms with Crippen LogP contribution in [0.4, 0.5) is 0 Å². The predicted molar refractivity (Wildman–Crippen MR) is 70.0 cm³/mol. The van der Waals surface area contributed by atoms with Gasteiger partial charge in [0.15, 0.2) is 0 Å². The highest BCUT2D eigenvalue weighted by molar-refractivity contribution is 6.32. The van der Waals surface area contributed by atoms with E-state index in [2.05, 4.69) is 0 Å². The van der Waals surface area contributed by atoms with Gasteiger partial charge in [-0.15, -0.1) is 0 Å². The fourth-order valence-electron chi connectivity index (χ4n) is 2.05. The van der Waals surface area contributed by atoms with Crippen LogP contribution >= 0.6 is 11.6 Å². The van der Waals surface area contributed by atoms with Gasteiger partial charge >= 0.3 is 5.97 Å². The fraction of sp³-hybridized carbons (Fsp3) is 0.143. The molecule has 18 heavy (non-hydrogen) atoms. The van der Waals surface area contributed by atoms with Crippen LogP contribution in [0.3, 0.4) is 0 Å². The summed E-state index contributed by atoms with van der Waals surface area (Å²) in [7, 11) is 0. The molecular formula is C14H11ClO3. The number of benzene rings is 2. The maximum atomic E-state index is 11.1. The first-order valence-electron chi connectivity index (χ1n) is 5.47. The fourth-order valence-corrected chi connectivity index (χ4v) is 2.36. The minimum atomic E-state index is -1.02. The summed E-state index contributed by atoms with van der Waals surface area (Å²) < 4.78 is 0. The predicted octanol–water partition coefficient (Wildman–Crippen LogP) is 3.25. The topological polar surface area (TPSA) is 54.4 Å². The number of hydrogen-bond acceptors (Lipinski definition) is 2. The van der Waals surface area contributed by atoms with Crippen molar-refractivity contribution in [1.29, 1.82) is 0 Å². The normalized spacial score (nSPS) is 12.3. The molecule has 1 unspecified atom stereocenters. The minimum Gasteiger partial charge on any atom is -0.481 e. The molecule has 3 nitrogen and oxygen atoms in total. The van der Waals surface area contributed by atoms with E-state index in [4.69, 9.17) is 16.7 Å². The lowest BCUT2D eigenvalue weighted by molar-refractivity contribution is -0.138. The van der Waals surface area contributed by atoms with Crippen LogP contribution in [0.15, 0.2) is 36.4 Å². The van der Waals surface area contributed by atoms with Crippen molar-refractivity contribution < 1.29 is 14.7 Å². The second kappa shape index (κ2) is 5.19. The van der Waals surface area contributed by atoms with Gasteiger partial charge < -0.3 is 9.90 Å². The number of hydrogen-bond donors (Lipinski definition) is 1. The molecule has 0 saturated heterocycles. The zero-order valence-electron chi connectivity index (χ0n) is 9.47. The summed E-state index contributed by atoms with van der Waals surface area (Å²) in [5, 5.41) is 11.0. The molecule has 2 aromatic rings. The summed E-state index contributed by atoms with van der Waals surface area (Å²) in [4.78, 5) is 21.9. The molecule has 0 fully saturated rings. The Morgan fingerprint density at radius 2 is 2.00 bits per heavy atom. The third kappa shape index (κ3) is 2.36. The maximum absolute atomic E-state index is 11.1. The smallest absolute Gasteiger partial charge is 0.304 e. The van der Waals surface area contributed by atoms with Gasteiger partial charge in [0.05, 0.1) is 12.3 Å². The van der Waals surface area contributed by atoms with Crippen LogP contribution in [0.5, 0.6) is 0 Å².